The molecule has 1 aromatic carbocycles. The molecule has 1 aromatic rings. The number of hydrogen-bond donors (Lipinski definition) is 1. The van der Waals surface area contributed by atoms with Gasteiger partial charge < -0.3 is 5.32 Å². The molecule has 0 amide bonds. The van der Waals surface area contributed by atoms with Gasteiger partial charge in [0.05, 0.1) is 4.47 Å². The summed E-state index contributed by atoms with van der Waals surface area (Å²) in [5.41, 5.74) is 0.344. The second-order valence-electron chi connectivity index (χ2n) is 4.57. The minimum absolute atomic E-state index is 0. The zero-order valence-electron chi connectivity index (χ0n) is 10.8. The fraction of sp³-hybridized carbons (Fsp3) is 0.538. The van der Waals surface area contributed by atoms with E-state index in [0.717, 1.165) is 13.1 Å². The summed E-state index contributed by atoms with van der Waals surface area (Å²) < 4.78 is 40.0. The van der Waals surface area contributed by atoms with Crippen LogP contribution in [0.3, 0.4) is 0 Å². The van der Waals surface area contributed by atoms with Crippen LogP contribution in [0.25, 0.3) is 0 Å². The molecule has 7 heteroatoms. The standard InChI is InChI=1S/C13H16BrF3N2.ClH/c14-10-3-1-2-9(13(10)17)11(8-12(15)16)19-6-4-18-5-7-19;/h1-3,11-12,18H,4-8H2;1H/t11-;/m1./s1. The Bertz CT molecular complexity index is 428. The molecular formula is C13H17BrClF3N2. The van der Waals surface area contributed by atoms with E-state index in [4.69, 9.17) is 0 Å². The topological polar surface area (TPSA) is 15.3 Å². The lowest BCUT2D eigenvalue weighted by Crippen LogP contribution is -2.45. The molecule has 2 rings (SSSR count). The highest BCUT2D eigenvalue weighted by Crippen LogP contribution is 2.32. The first kappa shape index (κ1) is 17.8. The maximum atomic E-state index is 14.1. The molecule has 1 atom stereocenters. The predicted molar refractivity (Wildman–Crippen MR) is 79.2 cm³/mol. The second kappa shape index (κ2) is 8.22. The van der Waals surface area contributed by atoms with Gasteiger partial charge in [-0.15, -0.1) is 12.4 Å². The predicted octanol–water partition coefficient (Wildman–Crippen LogP) is 3.61. The fourth-order valence-corrected chi connectivity index (χ4v) is 2.79. The van der Waals surface area contributed by atoms with Gasteiger partial charge in [-0.3, -0.25) is 4.90 Å². The molecule has 1 saturated heterocycles. The summed E-state index contributed by atoms with van der Waals surface area (Å²) in [6.45, 7) is 2.80. The van der Waals surface area contributed by atoms with E-state index in [1.54, 1.807) is 18.2 Å². The Kier molecular flexibility index (Phi) is 7.29. The van der Waals surface area contributed by atoms with Crippen LogP contribution in [-0.2, 0) is 0 Å². The molecule has 0 spiro atoms. The molecule has 1 fully saturated rings. The summed E-state index contributed by atoms with van der Waals surface area (Å²) in [5, 5.41) is 3.17. The molecule has 0 saturated carbocycles. The van der Waals surface area contributed by atoms with Gasteiger partial charge in [0.1, 0.15) is 5.82 Å². The number of hydrogen-bond acceptors (Lipinski definition) is 2. The molecule has 1 aliphatic rings. The lowest BCUT2D eigenvalue weighted by molar-refractivity contribution is 0.0725. The number of nitrogens with zero attached hydrogens (tertiary/aromatic N) is 1. The molecule has 0 aromatic heterocycles. The van der Waals surface area contributed by atoms with Crippen molar-refractivity contribution in [2.45, 2.75) is 18.9 Å². The third-order valence-electron chi connectivity index (χ3n) is 3.33. The number of benzene rings is 1. The largest absolute Gasteiger partial charge is 0.314 e. The fourth-order valence-electron chi connectivity index (χ4n) is 2.41. The van der Waals surface area contributed by atoms with E-state index in [2.05, 4.69) is 21.2 Å². The highest BCUT2D eigenvalue weighted by Gasteiger charge is 2.28. The lowest BCUT2D eigenvalue weighted by Gasteiger charge is -2.35. The van der Waals surface area contributed by atoms with Gasteiger partial charge in [0.15, 0.2) is 0 Å². The Labute approximate surface area is 131 Å². The normalized spacial score (nSPS) is 17.9. The van der Waals surface area contributed by atoms with Gasteiger partial charge in [0.2, 0.25) is 6.43 Å². The van der Waals surface area contributed by atoms with E-state index in [1.165, 1.54) is 0 Å². The van der Waals surface area contributed by atoms with Gasteiger partial charge in [0.25, 0.3) is 0 Å². The van der Waals surface area contributed by atoms with Crippen LogP contribution in [0.5, 0.6) is 0 Å². The molecule has 2 nitrogen and oxygen atoms in total. The Hall–Kier alpha value is -0.300. The van der Waals surface area contributed by atoms with Crippen molar-refractivity contribution in [1.29, 1.82) is 0 Å². The number of nitrogens with one attached hydrogen (secondary N) is 1. The summed E-state index contributed by atoms with van der Waals surface area (Å²) in [5.74, 6) is -0.438. The van der Waals surface area contributed by atoms with E-state index >= 15 is 0 Å². The van der Waals surface area contributed by atoms with Crippen molar-refractivity contribution in [3.63, 3.8) is 0 Å². The number of halogens is 5. The molecule has 0 bridgehead atoms. The van der Waals surface area contributed by atoms with Crippen LogP contribution in [0.4, 0.5) is 13.2 Å². The summed E-state index contributed by atoms with van der Waals surface area (Å²) >= 11 is 3.11. The lowest BCUT2D eigenvalue weighted by atomic mass is 10.0. The Morgan fingerprint density at radius 3 is 2.50 bits per heavy atom. The molecule has 1 N–H and O–H groups in total. The van der Waals surface area contributed by atoms with Crippen LogP contribution in [0.2, 0.25) is 0 Å². The first-order valence-electron chi connectivity index (χ1n) is 6.26. The minimum atomic E-state index is -2.45. The van der Waals surface area contributed by atoms with Crippen molar-refractivity contribution in [3.8, 4) is 0 Å². The number of alkyl halides is 2. The van der Waals surface area contributed by atoms with Gasteiger partial charge in [-0.05, 0) is 22.0 Å². The summed E-state index contributed by atoms with van der Waals surface area (Å²) in [6.07, 6.45) is -2.79. The monoisotopic (exact) mass is 372 g/mol. The van der Waals surface area contributed by atoms with Crippen molar-refractivity contribution in [3.05, 3.63) is 34.1 Å². The highest BCUT2D eigenvalue weighted by molar-refractivity contribution is 9.10. The van der Waals surface area contributed by atoms with Crippen LogP contribution in [0.15, 0.2) is 22.7 Å². The van der Waals surface area contributed by atoms with Crippen LogP contribution >= 0.6 is 28.3 Å². The summed E-state index contributed by atoms with van der Waals surface area (Å²) in [7, 11) is 0. The molecule has 114 valence electrons. The van der Waals surface area contributed by atoms with Crippen molar-refractivity contribution in [2.24, 2.45) is 0 Å². The highest BCUT2D eigenvalue weighted by atomic mass is 79.9. The van der Waals surface area contributed by atoms with Crippen molar-refractivity contribution >= 4 is 28.3 Å². The van der Waals surface area contributed by atoms with Crippen molar-refractivity contribution < 1.29 is 13.2 Å². The van der Waals surface area contributed by atoms with Crippen molar-refractivity contribution in [1.82, 2.24) is 10.2 Å². The molecular weight excluding hydrogens is 357 g/mol. The third-order valence-corrected chi connectivity index (χ3v) is 3.95. The van der Waals surface area contributed by atoms with Gasteiger partial charge in [0, 0.05) is 44.2 Å². The van der Waals surface area contributed by atoms with E-state index in [9.17, 15) is 13.2 Å². The molecule has 0 radical (unpaired) electrons. The van der Waals surface area contributed by atoms with Crippen molar-refractivity contribution in [2.75, 3.05) is 26.2 Å². The maximum Gasteiger partial charge on any atom is 0.240 e. The van der Waals surface area contributed by atoms with Gasteiger partial charge in [-0.2, -0.15) is 0 Å². The van der Waals surface area contributed by atoms with Gasteiger partial charge in [-0.25, -0.2) is 13.2 Å². The first-order valence-corrected chi connectivity index (χ1v) is 7.05. The second-order valence-corrected chi connectivity index (χ2v) is 5.43. The first-order chi connectivity index (χ1) is 9.09. The SMILES string of the molecule is Cl.Fc1c(Br)cccc1[C@@H](CC(F)F)N1CCNCC1. The number of rotatable bonds is 4. The number of piperazine rings is 1. The van der Waals surface area contributed by atoms with Gasteiger partial charge >= 0.3 is 0 Å². The Balaban J connectivity index is 0.00000200. The zero-order chi connectivity index (χ0) is 13.8. The minimum Gasteiger partial charge on any atom is -0.314 e. The van der Waals surface area contributed by atoms with Crippen LogP contribution in [0, 0.1) is 5.82 Å². The van der Waals surface area contributed by atoms with Crippen LogP contribution < -0.4 is 5.32 Å². The van der Waals surface area contributed by atoms with E-state index in [-0.39, 0.29) is 18.8 Å². The zero-order valence-corrected chi connectivity index (χ0v) is 13.2. The molecule has 1 heterocycles. The summed E-state index contributed by atoms with van der Waals surface area (Å²) in [4.78, 5) is 1.92. The maximum absolute atomic E-state index is 14.1. The smallest absolute Gasteiger partial charge is 0.240 e. The van der Waals surface area contributed by atoms with E-state index < -0.39 is 18.3 Å². The molecule has 20 heavy (non-hydrogen) atoms. The quantitative estimate of drug-likeness (QED) is 0.867. The molecule has 0 unspecified atom stereocenters. The Morgan fingerprint density at radius 2 is 1.90 bits per heavy atom. The summed E-state index contributed by atoms with van der Waals surface area (Å²) in [6, 6.07) is 4.29. The Morgan fingerprint density at radius 1 is 1.25 bits per heavy atom. The third kappa shape index (κ3) is 4.35. The average molecular weight is 374 g/mol. The molecule has 1 aliphatic heterocycles. The van der Waals surface area contributed by atoms with E-state index in [0.29, 0.717) is 23.1 Å². The van der Waals surface area contributed by atoms with E-state index in [1.807, 2.05) is 4.90 Å². The van der Waals surface area contributed by atoms with Crippen LogP contribution in [-0.4, -0.2) is 37.5 Å². The molecule has 0 aliphatic carbocycles. The van der Waals surface area contributed by atoms with Crippen LogP contribution in [0.1, 0.15) is 18.0 Å². The van der Waals surface area contributed by atoms with Gasteiger partial charge in [-0.1, -0.05) is 12.1 Å². The average Bonchev–Trinajstić information content (AvgIpc) is 2.40.